The van der Waals surface area contributed by atoms with Crippen molar-refractivity contribution in [1.82, 2.24) is 5.32 Å². The van der Waals surface area contributed by atoms with Gasteiger partial charge < -0.3 is 45.4 Å². The van der Waals surface area contributed by atoms with Gasteiger partial charge in [-0.3, -0.25) is 4.79 Å². The zero-order valence-corrected chi connectivity index (χ0v) is 39.1. The molecule has 10 nitrogen and oxygen atoms in total. The Morgan fingerprint density at radius 2 is 0.867 bits per heavy atom. The quantitative estimate of drug-likeness (QED) is 0.0295. The van der Waals surface area contributed by atoms with Crippen molar-refractivity contribution in [3.05, 3.63) is 0 Å². The lowest BCUT2D eigenvalue weighted by Crippen LogP contribution is -2.60. The molecule has 0 spiro atoms. The smallest absolute Gasteiger partial charge is 0.220 e. The Morgan fingerprint density at radius 3 is 1.23 bits per heavy atom. The molecule has 1 rings (SSSR count). The maximum absolute atomic E-state index is 13.0. The zero-order valence-electron chi connectivity index (χ0n) is 39.1. The predicted octanol–water partition coefficient (Wildman–Crippen LogP) is 10.5. The van der Waals surface area contributed by atoms with E-state index in [4.69, 9.17) is 9.47 Å². The topological polar surface area (TPSA) is 169 Å². The van der Waals surface area contributed by atoms with Gasteiger partial charge in [0.15, 0.2) is 6.29 Å². The number of aliphatic hydroxyl groups is 6. The van der Waals surface area contributed by atoms with Crippen molar-refractivity contribution < 1.29 is 44.9 Å². The Kier molecular flexibility index (Phi) is 39.0. The highest BCUT2D eigenvalue weighted by atomic mass is 16.7. The van der Waals surface area contributed by atoms with Gasteiger partial charge in [0, 0.05) is 6.42 Å². The standard InChI is InChI=1S/C50H99NO9/c1-3-5-7-9-11-13-15-17-18-19-20-21-22-23-24-25-26-27-29-31-33-35-37-39-45(54)51-42(41-59-50-49(58)48(57)47(56)44(40-52)60-50)46(55)43(53)38-36-34-32-30-28-16-14-12-10-8-6-4-2/h42-44,46-50,52-53,55-58H,3-41H2,1-2H3,(H,51,54)/t42-,43+,44?,46+,47?,48?,49?,50?/m1/s1. The van der Waals surface area contributed by atoms with Crippen molar-refractivity contribution in [2.24, 2.45) is 0 Å². The number of amides is 1. The van der Waals surface area contributed by atoms with E-state index in [0.29, 0.717) is 6.42 Å². The van der Waals surface area contributed by atoms with E-state index in [1.165, 1.54) is 186 Å². The molecule has 1 saturated heterocycles. The molecular formula is C50H99NO9. The molecule has 0 saturated carbocycles. The van der Waals surface area contributed by atoms with Gasteiger partial charge in [0.1, 0.15) is 30.5 Å². The number of nitrogens with one attached hydrogen (secondary N) is 1. The van der Waals surface area contributed by atoms with E-state index in [-0.39, 0.29) is 18.9 Å². The third-order valence-corrected chi connectivity index (χ3v) is 12.8. The van der Waals surface area contributed by atoms with Gasteiger partial charge >= 0.3 is 0 Å². The molecule has 0 aromatic rings. The van der Waals surface area contributed by atoms with Crippen LogP contribution in [0.1, 0.15) is 251 Å². The summed E-state index contributed by atoms with van der Waals surface area (Å²) in [7, 11) is 0. The van der Waals surface area contributed by atoms with Gasteiger partial charge in [0.25, 0.3) is 0 Å². The molecule has 0 radical (unpaired) electrons. The van der Waals surface area contributed by atoms with Gasteiger partial charge in [0.05, 0.1) is 25.4 Å². The van der Waals surface area contributed by atoms with E-state index in [2.05, 4.69) is 19.2 Å². The third kappa shape index (κ3) is 30.3. The normalized spacial score (nSPS) is 21.0. The van der Waals surface area contributed by atoms with Crippen LogP contribution in [0.15, 0.2) is 0 Å². The number of hydrogen-bond donors (Lipinski definition) is 7. The molecule has 7 N–H and O–H groups in total. The second kappa shape index (κ2) is 40.9. The zero-order chi connectivity index (χ0) is 43.9. The van der Waals surface area contributed by atoms with Crippen LogP contribution in [-0.2, 0) is 14.3 Å². The average molecular weight is 858 g/mol. The maximum Gasteiger partial charge on any atom is 0.220 e. The fourth-order valence-electron chi connectivity index (χ4n) is 8.61. The molecule has 60 heavy (non-hydrogen) atoms. The Balaban J connectivity index is 2.26. The first-order valence-corrected chi connectivity index (χ1v) is 25.8. The van der Waals surface area contributed by atoms with Crippen LogP contribution in [0.25, 0.3) is 0 Å². The van der Waals surface area contributed by atoms with Crippen molar-refractivity contribution in [2.45, 2.75) is 300 Å². The summed E-state index contributed by atoms with van der Waals surface area (Å²) < 4.78 is 11.2. The molecular weight excluding hydrogens is 759 g/mol. The Bertz CT molecular complexity index is 926. The summed E-state index contributed by atoms with van der Waals surface area (Å²) in [5.41, 5.74) is 0. The van der Waals surface area contributed by atoms with Crippen molar-refractivity contribution in [2.75, 3.05) is 13.2 Å². The molecule has 10 heteroatoms. The van der Waals surface area contributed by atoms with Crippen LogP contribution in [0.2, 0.25) is 0 Å². The molecule has 1 fully saturated rings. The van der Waals surface area contributed by atoms with E-state index < -0.39 is 55.6 Å². The minimum Gasteiger partial charge on any atom is -0.394 e. The molecule has 1 aliphatic rings. The van der Waals surface area contributed by atoms with Crippen LogP contribution >= 0.6 is 0 Å². The third-order valence-electron chi connectivity index (χ3n) is 12.8. The molecule has 1 heterocycles. The number of hydrogen-bond acceptors (Lipinski definition) is 9. The minimum absolute atomic E-state index is 0.252. The van der Waals surface area contributed by atoms with Crippen LogP contribution in [0.3, 0.4) is 0 Å². The van der Waals surface area contributed by atoms with Crippen molar-refractivity contribution in [1.29, 1.82) is 0 Å². The summed E-state index contributed by atoms with van der Waals surface area (Å²) in [6, 6.07) is -0.985. The molecule has 8 atom stereocenters. The number of ether oxygens (including phenoxy) is 2. The van der Waals surface area contributed by atoms with Crippen LogP contribution < -0.4 is 5.32 Å². The lowest BCUT2D eigenvalue weighted by atomic mass is 9.98. The van der Waals surface area contributed by atoms with Gasteiger partial charge in [-0.05, 0) is 12.8 Å². The van der Waals surface area contributed by atoms with E-state index in [0.717, 1.165) is 38.5 Å². The van der Waals surface area contributed by atoms with Crippen molar-refractivity contribution in [3.8, 4) is 0 Å². The lowest BCUT2D eigenvalue weighted by molar-refractivity contribution is -0.303. The fraction of sp³-hybridized carbons (Fsp3) is 0.980. The van der Waals surface area contributed by atoms with E-state index in [1.807, 2.05) is 0 Å². The number of carbonyl (C=O) groups is 1. The Labute approximate surface area is 368 Å². The molecule has 0 aliphatic carbocycles. The highest BCUT2D eigenvalue weighted by molar-refractivity contribution is 5.76. The van der Waals surface area contributed by atoms with E-state index >= 15 is 0 Å². The summed E-state index contributed by atoms with van der Waals surface area (Å²) in [4.78, 5) is 13.0. The summed E-state index contributed by atoms with van der Waals surface area (Å²) in [5.74, 6) is -0.252. The molecule has 1 aliphatic heterocycles. The summed E-state index contributed by atoms with van der Waals surface area (Å²) in [6.07, 6.45) is 35.5. The molecule has 1 amide bonds. The molecule has 0 bridgehead atoms. The van der Waals surface area contributed by atoms with Gasteiger partial charge in [-0.2, -0.15) is 0 Å². The number of carbonyl (C=O) groups excluding carboxylic acids is 1. The molecule has 0 aromatic heterocycles. The first-order valence-electron chi connectivity index (χ1n) is 25.8. The number of aliphatic hydroxyl groups excluding tert-OH is 6. The van der Waals surface area contributed by atoms with Crippen LogP contribution in [0, 0.1) is 0 Å². The minimum atomic E-state index is -1.60. The van der Waals surface area contributed by atoms with Gasteiger partial charge in [-0.1, -0.05) is 232 Å². The molecule has 5 unspecified atom stereocenters. The number of rotatable bonds is 44. The number of unbranched alkanes of at least 4 members (excludes halogenated alkanes) is 33. The largest absolute Gasteiger partial charge is 0.394 e. The lowest BCUT2D eigenvalue weighted by Gasteiger charge is -2.40. The maximum atomic E-state index is 13.0. The first kappa shape index (κ1) is 57.2. The Morgan fingerprint density at radius 1 is 0.517 bits per heavy atom. The molecule has 358 valence electrons. The predicted molar refractivity (Wildman–Crippen MR) is 246 cm³/mol. The Hall–Kier alpha value is -0.850. The van der Waals surface area contributed by atoms with Gasteiger partial charge in [0.2, 0.25) is 5.91 Å². The first-order chi connectivity index (χ1) is 29.3. The van der Waals surface area contributed by atoms with E-state index in [9.17, 15) is 35.4 Å². The highest BCUT2D eigenvalue weighted by Gasteiger charge is 2.44. The summed E-state index contributed by atoms with van der Waals surface area (Å²) in [5, 5.41) is 65.3. The molecule has 0 aromatic carbocycles. The average Bonchev–Trinajstić information content (AvgIpc) is 3.25. The second-order valence-corrected chi connectivity index (χ2v) is 18.5. The summed E-state index contributed by atoms with van der Waals surface area (Å²) in [6.45, 7) is 3.63. The monoisotopic (exact) mass is 858 g/mol. The second-order valence-electron chi connectivity index (χ2n) is 18.5. The van der Waals surface area contributed by atoms with Gasteiger partial charge in [-0.25, -0.2) is 0 Å². The van der Waals surface area contributed by atoms with Crippen LogP contribution in [0.4, 0.5) is 0 Å². The fourth-order valence-corrected chi connectivity index (χ4v) is 8.61. The highest BCUT2D eigenvalue weighted by Crippen LogP contribution is 2.23. The van der Waals surface area contributed by atoms with Gasteiger partial charge in [-0.15, -0.1) is 0 Å². The van der Waals surface area contributed by atoms with Crippen LogP contribution in [0.5, 0.6) is 0 Å². The van der Waals surface area contributed by atoms with Crippen LogP contribution in [-0.4, -0.2) is 98.7 Å². The SMILES string of the molecule is CCCCCCCCCCCCCCCCCCCCCCCCCC(=O)N[C@H](COC1OC(CO)C(O)C(O)C1O)[C@H](O)[C@@H](O)CCCCCCCCCCCCCC. The van der Waals surface area contributed by atoms with Crippen molar-refractivity contribution >= 4 is 5.91 Å². The van der Waals surface area contributed by atoms with Crippen molar-refractivity contribution in [3.63, 3.8) is 0 Å². The summed E-state index contributed by atoms with van der Waals surface area (Å²) >= 11 is 0. The van der Waals surface area contributed by atoms with E-state index in [1.54, 1.807) is 0 Å².